The molecular weight excluding hydrogens is 969 g/mol. The van der Waals surface area contributed by atoms with Crippen LogP contribution >= 0.6 is 24.0 Å². The van der Waals surface area contributed by atoms with Gasteiger partial charge in [-0.15, -0.1) is 5.10 Å². The zero-order valence-corrected chi connectivity index (χ0v) is 43.2. The third-order valence-corrected chi connectivity index (χ3v) is 14.7. The number of aromatic amines is 1. The summed E-state index contributed by atoms with van der Waals surface area (Å²) in [6.45, 7) is 12.7. The first-order valence-corrected chi connectivity index (χ1v) is 26.2. The summed E-state index contributed by atoms with van der Waals surface area (Å²) in [6, 6.07) is 24.2. The largest absolute Gasteiger partial charge is 0.415 e. The summed E-state index contributed by atoms with van der Waals surface area (Å²) in [5, 5.41) is 14.0. The number of piperidine rings is 2. The Morgan fingerprint density at radius 2 is 1.48 bits per heavy atom. The van der Waals surface area contributed by atoms with Crippen molar-refractivity contribution in [1.29, 1.82) is 0 Å². The van der Waals surface area contributed by atoms with Gasteiger partial charge in [0.05, 0.1) is 25.6 Å². The minimum absolute atomic E-state index is 0.111. The molecule has 4 fully saturated rings. The number of nitrogens with zero attached hydrogens (tertiary/aromatic N) is 9. The summed E-state index contributed by atoms with van der Waals surface area (Å²) < 4.78 is 16.4. The zero-order chi connectivity index (χ0) is 51.1. The molecule has 1 atom stereocenters. The molecule has 7 heterocycles. The number of anilines is 2. The maximum atomic E-state index is 12.7. The number of pyridine rings is 2. The molecule has 4 amide bonds. The predicted molar refractivity (Wildman–Crippen MR) is 281 cm³/mol. The number of ether oxygens (including phenoxy) is 3. The van der Waals surface area contributed by atoms with E-state index in [4.69, 9.17) is 26.4 Å². The highest BCUT2D eigenvalue weighted by molar-refractivity contribution is 7.99. The molecule has 73 heavy (non-hydrogen) atoms. The number of amides is 4. The molecule has 0 spiro atoms. The van der Waals surface area contributed by atoms with Gasteiger partial charge in [0.1, 0.15) is 24.0 Å². The molecule has 0 aliphatic carbocycles. The Balaban J connectivity index is 0.000000195. The first-order chi connectivity index (χ1) is 35.4. The maximum Gasteiger partial charge on any atom is 0.415 e. The van der Waals surface area contributed by atoms with Crippen LogP contribution in [0.15, 0.2) is 103 Å². The second-order valence-corrected chi connectivity index (χ2v) is 20.5. The molecule has 3 aromatic heterocycles. The van der Waals surface area contributed by atoms with E-state index in [2.05, 4.69) is 76.9 Å². The van der Waals surface area contributed by atoms with Crippen molar-refractivity contribution in [3.63, 3.8) is 0 Å². The minimum Gasteiger partial charge on any atom is -0.409 e. The number of H-pyrrole nitrogens is 1. The molecule has 2 aromatic carbocycles. The van der Waals surface area contributed by atoms with Crippen molar-refractivity contribution in [1.82, 2.24) is 50.1 Å². The highest BCUT2D eigenvalue weighted by Gasteiger charge is 2.39. The number of likely N-dealkylation sites (tertiary alicyclic amines) is 2. The van der Waals surface area contributed by atoms with Crippen molar-refractivity contribution < 1.29 is 33.4 Å². The van der Waals surface area contributed by atoms with Crippen LogP contribution in [0.25, 0.3) is 0 Å². The molecule has 0 bridgehead atoms. The van der Waals surface area contributed by atoms with Gasteiger partial charge in [-0.25, -0.2) is 29.4 Å². The Kier molecular flexibility index (Phi) is 18.7. The van der Waals surface area contributed by atoms with Crippen molar-refractivity contribution >= 4 is 64.7 Å². The van der Waals surface area contributed by atoms with E-state index in [-0.39, 0.29) is 29.9 Å². The standard InChI is InChI=1S/C27H35N5O3S.C25H29N7O4S/c1-19(2)24-25(33)32(26(36)29-24)23-10-9-22(17-28-23)35-27(34)31-15-12-20(13-16-31)11-14-30(3)18-21-7-5-4-6-8-21;33-23(19-3-1-18(2-4-19)16-31-11-13-35-14-12-31)29-22-6-5-20(15-26-22)36-25(34)32-9-7-21(8-10-32)37-24-27-17-28-30-24/h4-10,17,19-20,24H,11-16,18H2,1-3H3,(H,29,36);1-6,15,17,21H,7-14,16H2,(H,26,29,33)(H,27,28,30). The molecule has 21 heteroatoms. The van der Waals surface area contributed by atoms with Gasteiger partial charge in [0, 0.05) is 63.2 Å². The molecule has 4 aliphatic rings. The van der Waals surface area contributed by atoms with E-state index in [1.807, 2.05) is 44.2 Å². The lowest BCUT2D eigenvalue weighted by molar-refractivity contribution is -0.119. The van der Waals surface area contributed by atoms with Gasteiger partial charge in [-0.1, -0.05) is 68.1 Å². The summed E-state index contributed by atoms with van der Waals surface area (Å²) in [6.07, 6.45) is 8.44. The molecule has 9 rings (SSSR count). The molecule has 1 unspecified atom stereocenters. The van der Waals surface area contributed by atoms with Crippen LogP contribution in [-0.2, 0) is 22.6 Å². The first kappa shape index (κ1) is 52.8. The number of nitrogens with one attached hydrogen (secondary N) is 3. The van der Waals surface area contributed by atoms with Crippen molar-refractivity contribution in [2.24, 2.45) is 11.8 Å². The fraction of sp³-hybridized carbons (Fsp3) is 0.442. The molecule has 0 saturated carbocycles. The monoisotopic (exact) mass is 1030 g/mol. The normalized spacial score (nSPS) is 17.8. The number of thioether (sulfide) groups is 1. The third kappa shape index (κ3) is 15.3. The average molecular weight is 1030 g/mol. The highest BCUT2D eigenvalue weighted by Crippen LogP contribution is 2.29. The number of carbonyl (C=O) groups excluding carboxylic acids is 4. The Morgan fingerprint density at radius 1 is 0.822 bits per heavy atom. The third-order valence-electron chi connectivity index (χ3n) is 13.2. The molecule has 19 nitrogen and oxygen atoms in total. The van der Waals surface area contributed by atoms with Gasteiger partial charge < -0.3 is 39.5 Å². The van der Waals surface area contributed by atoms with Gasteiger partial charge in [0.15, 0.2) is 16.6 Å². The number of carbonyl (C=O) groups is 4. The van der Waals surface area contributed by atoms with E-state index < -0.39 is 6.09 Å². The van der Waals surface area contributed by atoms with Gasteiger partial charge in [-0.05, 0) is 117 Å². The number of hydrogen-bond donors (Lipinski definition) is 3. The number of thiocarbonyl (C=S) groups is 1. The van der Waals surface area contributed by atoms with Crippen molar-refractivity contribution in [2.45, 2.75) is 75.5 Å². The number of morpholine rings is 1. The van der Waals surface area contributed by atoms with E-state index in [1.54, 1.807) is 52.2 Å². The van der Waals surface area contributed by atoms with Crippen LogP contribution in [0, 0.1) is 11.8 Å². The first-order valence-electron chi connectivity index (χ1n) is 24.9. The van der Waals surface area contributed by atoms with E-state index in [9.17, 15) is 19.2 Å². The van der Waals surface area contributed by atoms with Gasteiger partial charge in [-0.3, -0.25) is 19.6 Å². The maximum absolute atomic E-state index is 12.7. The van der Waals surface area contributed by atoms with Gasteiger partial charge in [0.2, 0.25) is 5.16 Å². The Bertz CT molecular complexity index is 2570. The van der Waals surface area contributed by atoms with Crippen LogP contribution in [0.3, 0.4) is 0 Å². The van der Waals surface area contributed by atoms with Gasteiger partial charge in [-0.2, -0.15) is 0 Å². The predicted octanol–water partition coefficient (Wildman–Crippen LogP) is 7.10. The van der Waals surface area contributed by atoms with Crippen LogP contribution in [0.1, 0.15) is 67.4 Å². The van der Waals surface area contributed by atoms with Crippen molar-refractivity contribution in [3.8, 4) is 11.5 Å². The number of benzene rings is 2. The Morgan fingerprint density at radius 3 is 2.07 bits per heavy atom. The second kappa shape index (κ2) is 25.9. The summed E-state index contributed by atoms with van der Waals surface area (Å²) in [5.74, 6) is 1.82. The van der Waals surface area contributed by atoms with E-state index in [0.717, 1.165) is 88.8 Å². The van der Waals surface area contributed by atoms with Gasteiger partial charge in [0.25, 0.3) is 11.8 Å². The van der Waals surface area contributed by atoms with Gasteiger partial charge >= 0.3 is 12.2 Å². The summed E-state index contributed by atoms with van der Waals surface area (Å²) in [4.78, 5) is 72.7. The Hall–Kier alpha value is -6.52. The summed E-state index contributed by atoms with van der Waals surface area (Å²) in [5.41, 5.74) is 3.03. The molecule has 5 aromatic rings. The minimum atomic E-state index is -0.405. The van der Waals surface area contributed by atoms with Crippen molar-refractivity contribution in [2.75, 3.05) is 76.3 Å². The second-order valence-electron chi connectivity index (χ2n) is 18.9. The molecule has 4 aliphatic heterocycles. The van der Waals surface area contributed by atoms with E-state index in [0.29, 0.717) is 71.2 Å². The Labute approximate surface area is 435 Å². The van der Waals surface area contributed by atoms with Crippen LogP contribution in [0.4, 0.5) is 21.2 Å². The smallest absolute Gasteiger partial charge is 0.409 e. The summed E-state index contributed by atoms with van der Waals surface area (Å²) >= 11 is 6.93. The van der Waals surface area contributed by atoms with Crippen LogP contribution < -0.4 is 25.0 Å². The average Bonchev–Trinajstić information content (AvgIpc) is 4.04. The topological polar surface area (TPSA) is 204 Å². The fourth-order valence-corrected chi connectivity index (χ4v) is 10.2. The van der Waals surface area contributed by atoms with Crippen LogP contribution in [0.2, 0.25) is 0 Å². The molecular formula is C52H64N12O7S2. The molecule has 0 radical (unpaired) electrons. The van der Waals surface area contributed by atoms with E-state index >= 15 is 0 Å². The lowest BCUT2D eigenvalue weighted by Crippen LogP contribution is -2.40. The lowest BCUT2D eigenvalue weighted by atomic mass is 9.93. The molecule has 3 N–H and O–H groups in total. The fourth-order valence-electron chi connectivity index (χ4n) is 8.89. The van der Waals surface area contributed by atoms with Crippen LogP contribution in [-0.4, -0.2) is 151 Å². The van der Waals surface area contributed by atoms with E-state index in [1.165, 1.54) is 22.9 Å². The molecule has 386 valence electrons. The quantitative estimate of drug-likeness (QED) is 0.0895. The zero-order valence-electron chi connectivity index (χ0n) is 41.6. The number of hydrogen-bond acceptors (Lipinski definition) is 15. The van der Waals surface area contributed by atoms with Crippen LogP contribution in [0.5, 0.6) is 11.5 Å². The number of aromatic nitrogens is 5. The SMILES string of the molecule is CC(C)C1NC(=S)N(c2ccc(OC(=O)N3CCC(CCN(C)Cc4ccccc4)CC3)cn2)C1=O.O=C(Nc1ccc(OC(=O)N2CCC(Sc3nc[nH]n3)CC2)cn1)c1ccc(CN2CCOCC2)cc1. The number of rotatable bonds is 15. The molecule has 4 saturated heterocycles. The van der Waals surface area contributed by atoms with Crippen molar-refractivity contribution in [3.05, 3.63) is 114 Å². The lowest BCUT2D eigenvalue weighted by Gasteiger charge is -2.32. The highest BCUT2D eigenvalue weighted by atomic mass is 32.2. The summed E-state index contributed by atoms with van der Waals surface area (Å²) in [7, 11) is 2.16.